The van der Waals surface area contributed by atoms with Crippen LogP contribution in [0.3, 0.4) is 0 Å². The van der Waals surface area contributed by atoms with Gasteiger partial charge in [0.15, 0.2) is 0 Å². The number of pyridine rings is 1. The van der Waals surface area contributed by atoms with Gasteiger partial charge in [-0.05, 0) is 68.4 Å². The van der Waals surface area contributed by atoms with Crippen molar-refractivity contribution in [1.29, 1.82) is 0 Å². The van der Waals surface area contributed by atoms with E-state index in [9.17, 15) is 24.3 Å². The largest absolute Gasteiger partial charge is 0.491 e. The number of carboxylic acid groups (broad SMARTS) is 1. The van der Waals surface area contributed by atoms with E-state index in [4.69, 9.17) is 35.3 Å². The number of aromatic nitrogens is 1. The molecular weight excluding hydrogens is 758 g/mol. The Hall–Kier alpha value is -4.08. The second kappa shape index (κ2) is 17.0. The molecule has 3 saturated heterocycles. The molecule has 3 aliphatic heterocycles. The van der Waals surface area contributed by atoms with Crippen molar-refractivity contribution >= 4 is 46.4 Å². The lowest BCUT2D eigenvalue weighted by Gasteiger charge is -2.29. The van der Waals surface area contributed by atoms with Crippen LogP contribution in [0, 0.1) is 17.8 Å². The van der Waals surface area contributed by atoms with Crippen LogP contribution in [0.25, 0.3) is 10.9 Å². The maximum absolute atomic E-state index is 14.6. The first-order valence-electron chi connectivity index (χ1n) is 20.7. The van der Waals surface area contributed by atoms with Crippen LogP contribution in [0.15, 0.2) is 18.2 Å². The second-order valence-corrected chi connectivity index (χ2v) is 17.1. The quantitative estimate of drug-likeness (QED) is 0.306. The average Bonchev–Trinajstić information content (AvgIpc) is 4.00. The van der Waals surface area contributed by atoms with Gasteiger partial charge in [0, 0.05) is 37.5 Å². The van der Waals surface area contributed by atoms with E-state index in [1.807, 2.05) is 6.07 Å². The highest BCUT2D eigenvalue weighted by molar-refractivity contribution is 6.36. The van der Waals surface area contributed by atoms with E-state index in [1.54, 1.807) is 12.1 Å². The number of nitrogens with one attached hydrogen (secondary N) is 2. The topological polar surface area (TPSA) is 178 Å². The Labute approximate surface area is 337 Å². The number of carboxylic acids is 1. The van der Waals surface area contributed by atoms with Crippen LogP contribution in [-0.4, -0.2) is 127 Å². The third kappa shape index (κ3) is 8.85. The predicted molar refractivity (Wildman–Crippen MR) is 208 cm³/mol. The number of carbonyl (C=O) groups excluding carboxylic acids is 3. The highest BCUT2D eigenvalue weighted by Gasteiger charge is 2.62. The SMILES string of the molecule is COc1cc(O[C@@H]2C[C@H]3C(=O)N[C@]4(C(=O)O)C[C@H]4CCCCCCC[C@H](NC(=O)OC4C[C@@H]5C[C@@H]5C4)C(=O)N3C2)c2ccc(OCCN3CCOCC3)c(Cl)c2n1. The van der Waals surface area contributed by atoms with Gasteiger partial charge in [-0.25, -0.2) is 14.6 Å². The lowest BCUT2D eigenvalue weighted by molar-refractivity contribution is -0.146. The summed E-state index contributed by atoms with van der Waals surface area (Å²) in [4.78, 5) is 62.9. The minimum Gasteiger partial charge on any atom is -0.491 e. The van der Waals surface area contributed by atoms with E-state index in [0.29, 0.717) is 84.8 Å². The number of carbonyl (C=O) groups is 4. The number of aliphatic carboxylic acids is 1. The molecule has 3 aliphatic carbocycles. The highest BCUT2D eigenvalue weighted by atomic mass is 35.5. The number of amides is 3. The smallest absolute Gasteiger partial charge is 0.408 e. The molecule has 4 heterocycles. The average molecular weight is 812 g/mol. The molecule has 2 aromatic rings. The zero-order valence-corrected chi connectivity index (χ0v) is 33.3. The Morgan fingerprint density at radius 3 is 2.53 bits per heavy atom. The van der Waals surface area contributed by atoms with Crippen LogP contribution in [0.5, 0.6) is 17.4 Å². The fourth-order valence-corrected chi connectivity index (χ4v) is 9.69. The molecule has 1 aromatic carbocycles. The van der Waals surface area contributed by atoms with E-state index in [0.717, 1.165) is 58.2 Å². The number of halogens is 1. The van der Waals surface area contributed by atoms with Gasteiger partial charge in [0.2, 0.25) is 17.7 Å². The van der Waals surface area contributed by atoms with Gasteiger partial charge in [-0.1, -0.05) is 43.7 Å². The second-order valence-electron chi connectivity index (χ2n) is 16.7. The molecule has 6 aliphatic rings. The monoisotopic (exact) mass is 811 g/mol. The Kier molecular flexibility index (Phi) is 11.9. The number of hydrogen-bond acceptors (Lipinski definition) is 11. The molecule has 8 atom stereocenters. The van der Waals surface area contributed by atoms with Crippen molar-refractivity contribution < 1.29 is 48.0 Å². The van der Waals surface area contributed by atoms with Crippen molar-refractivity contribution in [3.05, 3.63) is 23.2 Å². The van der Waals surface area contributed by atoms with Gasteiger partial charge in [-0.15, -0.1) is 0 Å². The molecule has 3 amide bonds. The van der Waals surface area contributed by atoms with Crippen molar-refractivity contribution in [2.24, 2.45) is 17.8 Å². The molecule has 1 aromatic heterocycles. The van der Waals surface area contributed by atoms with Gasteiger partial charge in [0.1, 0.15) is 58.5 Å². The molecule has 3 N–H and O–H groups in total. The maximum atomic E-state index is 14.6. The van der Waals surface area contributed by atoms with Gasteiger partial charge in [-0.3, -0.25) is 14.5 Å². The summed E-state index contributed by atoms with van der Waals surface area (Å²) in [5, 5.41) is 16.9. The number of methoxy groups -OCH3 is 1. The third-order valence-corrected chi connectivity index (χ3v) is 13.3. The highest BCUT2D eigenvalue weighted by Crippen LogP contribution is 2.52. The third-order valence-electron chi connectivity index (χ3n) is 12.9. The van der Waals surface area contributed by atoms with Crippen molar-refractivity contribution in [1.82, 2.24) is 25.4 Å². The Morgan fingerprint density at radius 2 is 1.77 bits per heavy atom. The van der Waals surface area contributed by atoms with E-state index in [2.05, 4.69) is 20.5 Å². The van der Waals surface area contributed by atoms with Gasteiger partial charge >= 0.3 is 12.1 Å². The number of rotatable bonds is 10. The predicted octanol–water partition coefficient (Wildman–Crippen LogP) is 4.55. The van der Waals surface area contributed by atoms with E-state index in [-0.39, 0.29) is 30.9 Å². The van der Waals surface area contributed by atoms with Crippen molar-refractivity contribution in [3.8, 4) is 17.4 Å². The van der Waals surface area contributed by atoms with Crippen molar-refractivity contribution in [2.45, 2.75) is 107 Å². The van der Waals surface area contributed by atoms with E-state index in [1.165, 1.54) is 18.4 Å². The number of nitrogens with zero attached hydrogens (tertiary/aromatic N) is 3. The number of morpholine rings is 1. The minimum absolute atomic E-state index is 0.0161. The number of alkyl carbamates (subject to hydrolysis) is 1. The summed E-state index contributed by atoms with van der Waals surface area (Å²) >= 11 is 6.89. The molecule has 57 heavy (non-hydrogen) atoms. The van der Waals surface area contributed by atoms with Gasteiger partial charge < -0.3 is 44.3 Å². The van der Waals surface area contributed by atoms with Crippen LogP contribution in [-0.2, 0) is 23.9 Å². The summed E-state index contributed by atoms with van der Waals surface area (Å²) < 4.78 is 29.4. The van der Waals surface area contributed by atoms with E-state index < -0.39 is 47.6 Å². The minimum atomic E-state index is -1.37. The number of ether oxygens (including phenoxy) is 5. The molecule has 0 radical (unpaired) electrons. The molecule has 310 valence electrons. The van der Waals surface area contributed by atoms with Gasteiger partial charge in [0.25, 0.3) is 0 Å². The van der Waals surface area contributed by atoms with Crippen LogP contribution in [0.4, 0.5) is 4.79 Å². The van der Waals surface area contributed by atoms with Crippen molar-refractivity contribution in [2.75, 3.05) is 53.1 Å². The zero-order chi connectivity index (χ0) is 39.7. The molecule has 0 bridgehead atoms. The van der Waals surface area contributed by atoms with Crippen LogP contribution in [0.2, 0.25) is 5.02 Å². The Balaban J connectivity index is 1.03. The molecule has 15 nitrogen and oxygen atoms in total. The first kappa shape index (κ1) is 39.7. The van der Waals surface area contributed by atoms with Crippen LogP contribution in [0.1, 0.15) is 77.0 Å². The molecule has 8 rings (SSSR count). The fraction of sp³-hybridized carbons (Fsp3) is 0.683. The summed E-state index contributed by atoms with van der Waals surface area (Å²) in [5.74, 6) is 0.104. The summed E-state index contributed by atoms with van der Waals surface area (Å²) in [6, 6.07) is 3.23. The summed E-state index contributed by atoms with van der Waals surface area (Å²) in [7, 11) is 1.49. The number of fused-ring (bicyclic) bond motifs is 4. The summed E-state index contributed by atoms with van der Waals surface area (Å²) in [6.07, 6.45) is 7.16. The number of hydrogen-bond donors (Lipinski definition) is 3. The van der Waals surface area contributed by atoms with Crippen molar-refractivity contribution in [3.63, 3.8) is 0 Å². The van der Waals surface area contributed by atoms with Gasteiger partial charge in [-0.2, -0.15) is 0 Å². The number of benzene rings is 1. The van der Waals surface area contributed by atoms with Gasteiger partial charge in [0.05, 0.1) is 26.9 Å². The lowest BCUT2D eigenvalue weighted by Crippen LogP contribution is -2.56. The Morgan fingerprint density at radius 1 is 1.02 bits per heavy atom. The molecule has 16 heteroatoms. The van der Waals surface area contributed by atoms with Crippen LogP contribution < -0.4 is 24.8 Å². The standard InChI is InChI=1S/C41H54ClN5O10/c1-53-34-21-33(29-9-10-32(35(42)36(29)44-34)55-16-13-46-11-14-54-15-12-46)56-28-20-31-37(48)45-41(39(50)51)22-26(41)7-5-3-2-4-6-8-30(38(49)47(31)23-28)43-40(52)57-27-18-24-17-25(24)19-27/h9-10,21,24-28,30-31H,2-8,11-20,22-23H2,1H3,(H,43,52)(H,45,48)(H,50,51)/t24-,25+,26-,27?,28-,30+,31+,41-/m1/s1. The molecular formula is C41H54ClN5O10. The molecule has 1 unspecified atom stereocenters. The normalized spacial score (nSPS) is 31.8. The van der Waals surface area contributed by atoms with E-state index >= 15 is 0 Å². The molecule has 3 saturated carbocycles. The first-order chi connectivity index (χ1) is 27.6. The fourth-order valence-electron chi connectivity index (χ4n) is 9.42. The molecule has 6 fully saturated rings. The summed E-state index contributed by atoms with van der Waals surface area (Å²) in [5.41, 5.74) is -0.969. The lowest BCUT2D eigenvalue weighted by atomic mass is 10.0. The van der Waals surface area contributed by atoms with Crippen LogP contribution >= 0.6 is 11.6 Å². The molecule has 0 spiro atoms. The maximum Gasteiger partial charge on any atom is 0.408 e. The summed E-state index contributed by atoms with van der Waals surface area (Å²) in [6.45, 7) is 4.22. The first-order valence-corrected chi connectivity index (χ1v) is 21.1. The zero-order valence-electron chi connectivity index (χ0n) is 32.5. The Bertz CT molecular complexity index is 1830.